The van der Waals surface area contributed by atoms with Crippen LogP contribution in [0.1, 0.15) is 18.4 Å². The van der Waals surface area contributed by atoms with Crippen LogP contribution >= 0.6 is 11.6 Å². The molecule has 1 fully saturated rings. The number of carbonyl (C=O) groups excluding carboxylic acids is 3. The molecule has 7 heteroatoms. The molecule has 0 bridgehead atoms. The van der Waals surface area contributed by atoms with Gasteiger partial charge >= 0.3 is 5.97 Å². The molecule has 1 aromatic rings. The van der Waals surface area contributed by atoms with Crippen LogP contribution in [0.3, 0.4) is 0 Å². The lowest BCUT2D eigenvalue weighted by atomic mass is 10.2. The first-order chi connectivity index (χ1) is 9.95. The highest BCUT2D eigenvalue weighted by Gasteiger charge is 2.28. The van der Waals surface area contributed by atoms with E-state index in [1.807, 2.05) is 6.92 Å². The van der Waals surface area contributed by atoms with E-state index in [0.29, 0.717) is 23.6 Å². The smallest absolute Gasteiger partial charge is 0.329 e. The molecule has 0 radical (unpaired) electrons. The molecule has 2 rings (SSSR count). The second-order valence-corrected chi connectivity index (χ2v) is 5.21. The maximum absolute atomic E-state index is 11.7. The number of aryl methyl sites for hydroxylation is 1. The second kappa shape index (κ2) is 6.58. The Morgan fingerprint density at radius 1 is 1.48 bits per heavy atom. The molecule has 0 unspecified atom stereocenters. The fourth-order valence-corrected chi connectivity index (χ4v) is 2.12. The van der Waals surface area contributed by atoms with Gasteiger partial charge in [-0.2, -0.15) is 0 Å². The number of esters is 1. The number of rotatable bonds is 4. The van der Waals surface area contributed by atoms with Gasteiger partial charge in [-0.3, -0.25) is 9.59 Å². The summed E-state index contributed by atoms with van der Waals surface area (Å²) in [7, 11) is 0. The zero-order chi connectivity index (χ0) is 15.4. The van der Waals surface area contributed by atoms with E-state index >= 15 is 0 Å². The Bertz CT molecular complexity index is 588. The average Bonchev–Trinajstić information content (AvgIpc) is 2.87. The number of benzene rings is 1. The number of amides is 2. The van der Waals surface area contributed by atoms with E-state index in [1.54, 1.807) is 18.2 Å². The van der Waals surface area contributed by atoms with E-state index < -0.39 is 24.5 Å². The van der Waals surface area contributed by atoms with Crippen LogP contribution in [0.2, 0.25) is 5.02 Å². The molecule has 0 saturated carbocycles. The number of nitrogens with one attached hydrogen (secondary N) is 2. The summed E-state index contributed by atoms with van der Waals surface area (Å²) < 4.78 is 4.88. The Kier molecular flexibility index (Phi) is 4.80. The Morgan fingerprint density at radius 2 is 2.24 bits per heavy atom. The van der Waals surface area contributed by atoms with E-state index in [9.17, 15) is 14.4 Å². The van der Waals surface area contributed by atoms with Gasteiger partial charge in [0.25, 0.3) is 5.91 Å². The number of carbonyl (C=O) groups is 3. The molecule has 2 N–H and O–H groups in total. The molecule has 1 atom stereocenters. The van der Waals surface area contributed by atoms with Crippen LogP contribution in [0.25, 0.3) is 0 Å². The van der Waals surface area contributed by atoms with Crippen molar-refractivity contribution in [2.24, 2.45) is 0 Å². The van der Waals surface area contributed by atoms with Crippen LogP contribution in [-0.2, 0) is 19.1 Å². The van der Waals surface area contributed by atoms with Gasteiger partial charge in [-0.05, 0) is 31.0 Å². The van der Waals surface area contributed by atoms with E-state index in [1.165, 1.54) is 0 Å². The maximum atomic E-state index is 11.7. The third-order valence-electron chi connectivity index (χ3n) is 3.10. The van der Waals surface area contributed by atoms with Crippen LogP contribution in [0.5, 0.6) is 0 Å². The van der Waals surface area contributed by atoms with Crippen molar-refractivity contribution in [3.05, 3.63) is 28.8 Å². The monoisotopic (exact) mass is 310 g/mol. The van der Waals surface area contributed by atoms with Crippen molar-refractivity contribution >= 4 is 35.1 Å². The van der Waals surface area contributed by atoms with Crippen LogP contribution < -0.4 is 10.6 Å². The van der Waals surface area contributed by atoms with Gasteiger partial charge in [0.15, 0.2) is 6.61 Å². The van der Waals surface area contributed by atoms with E-state index in [2.05, 4.69) is 10.6 Å². The topological polar surface area (TPSA) is 84.5 Å². The molecule has 1 aliphatic heterocycles. The van der Waals surface area contributed by atoms with Crippen LogP contribution in [0.4, 0.5) is 5.69 Å². The summed E-state index contributed by atoms with van der Waals surface area (Å²) in [5, 5.41) is 5.60. The normalized spacial score (nSPS) is 17.2. The lowest BCUT2D eigenvalue weighted by Gasteiger charge is -2.11. The largest absolute Gasteiger partial charge is 0.454 e. The maximum Gasteiger partial charge on any atom is 0.329 e. The Balaban J connectivity index is 1.83. The number of hydrogen-bond donors (Lipinski definition) is 2. The first kappa shape index (κ1) is 15.3. The molecular weight excluding hydrogens is 296 g/mol. The predicted molar refractivity (Wildman–Crippen MR) is 76.9 cm³/mol. The van der Waals surface area contributed by atoms with Gasteiger partial charge in [0.2, 0.25) is 5.91 Å². The molecule has 1 saturated heterocycles. The molecule has 112 valence electrons. The van der Waals surface area contributed by atoms with E-state index in [-0.39, 0.29) is 5.91 Å². The first-order valence-corrected chi connectivity index (χ1v) is 6.85. The summed E-state index contributed by atoms with van der Waals surface area (Å²) in [5.41, 5.74) is 1.42. The lowest BCUT2D eigenvalue weighted by molar-refractivity contribution is -0.149. The fraction of sp³-hybridized carbons (Fsp3) is 0.357. The van der Waals surface area contributed by atoms with Crippen molar-refractivity contribution in [1.29, 1.82) is 0 Å². The highest BCUT2D eigenvalue weighted by atomic mass is 35.5. The molecule has 0 spiro atoms. The fourth-order valence-electron chi connectivity index (χ4n) is 1.94. The molecule has 6 nitrogen and oxygen atoms in total. The molecule has 0 aromatic heterocycles. The highest BCUT2D eigenvalue weighted by Crippen LogP contribution is 2.20. The number of halogens is 1. The Hall–Kier alpha value is -2.08. The van der Waals surface area contributed by atoms with Crippen molar-refractivity contribution in [1.82, 2.24) is 5.32 Å². The zero-order valence-corrected chi connectivity index (χ0v) is 12.2. The lowest BCUT2D eigenvalue weighted by Crippen LogP contribution is -2.36. The standard InChI is InChI=1S/C14H15ClN2O4/c1-8-2-3-9(15)6-11(8)17-13(19)7-21-14(20)10-4-5-12(18)16-10/h2-3,6,10H,4-5,7H2,1H3,(H,16,18)(H,17,19)/t10-/m1/s1. The summed E-state index contributed by atoms with van der Waals surface area (Å²) in [5.74, 6) is -1.24. The van der Waals surface area contributed by atoms with Gasteiger partial charge in [-0.25, -0.2) is 4.79 Å². The van der Waals surface area contributed by atoms with Gasteiger partial charge in [0.1, 0.15) is 6.04 Å². The van der Waals surface area contributed by atoms with Crippen LogP contribution in [-0.4, -0.2) is 30.4 Å². The molecule has 1 heterocycles. The van der Waals surface area contributed by atoms with Gasteiger partial charge < -0.3 is 15.4 Å². The molecule has 2 amide bonds. The molecular formula is C14H15ClN2O4. The molecule has 0 aliphatic carbocycles. The summed E-state index contributed by atoms with van der Waals surface area (Å²) in [6, 6.07) is 4.46. The number of ether oxygens (including phenoxy) is 1. The minimum absolute atomic E-state index is 0.184. The van der Waals surface area contributed by atoms with Gasteiger partial charge in [-0.15, -0.1) is 0 Å². The van der Waals surface area contributed by atoms with E-state index in [0.717, 1.165) is 5.56 Å². The third kappa shape index (κ3) is 4.19. The first-order valence-electron chi connectivity index (χ1n) is 6.47. The van der Waals surface area contributed by atoms with Crippen molar-refractivity contribution in [3.8, 4) is 0 Å². The van der Waals surface area contributed by atoms with Crippen molar-refractivity contribution in [3.63, 3.8) is 0 Å². The molecule has 1 aliphatic rings. The van der Waals surface area contributed by atoms with Crippen molar-refractivity contribution < 1.29 is 19.1 Å². The van der Waals surface area contributed by atoms with Crippen LogP contribution in [0, 0.1) is 6.92 Å². The van der Waals surface area contributed by atoms with Gasteiger partial charge in [0, 0.05) is 17.1 Å². The van der Waals surface area contributed by atoms with Gasteiger partial charge in [-0.1, -0.05) is 17.7 Å². The summed E-state index contributed by atoms with van der Waals surface area (Å²) in [4.78, 5) is 34.4. The quantitative estimate of drug-likeness (QED) is 0.824. The second-order valence-electron chi connectivity index (χ2n) is 4.77. The minimum atomic E-state index is -0.654. The number of anilines is 1. The van der Waals surface area contributed by atoms with Gasteiger partial charge in [0.05, 0.1) is 0 Å². The molecule has 21 heavy (non-hydrogen) atoms. The summed E-state index contributed by atoms with van der Waals surface area (Å²) >= 11 is 5.85. The minimum Gasteiger partial charge on any atom is -0.454 e. The average molecular weight is 311 g/mol. The zero-order valence-electron chi connectivity index (χ0n) is 11.4. The third-order valence-corrected chi connectivity index (χ3v) is 3.33. The summed E-state index contributed by atoms with van der Waals surface area (Å²) in [6.07, 6.45) is 0.695. The van der Waals surface area contributed by atoms with Crippen LogP contribution in [0.15, 0.2) is 18.2 Å². The number of hydrogen-bond acceptors (Lipinski definition) is 4. The Morgan fingerprint density at radius 3 is 2.90 bits per heavy atom. The summed E-state index contributed by atoms with van der Waals surface area (Å²) in [6.45, 7) is 1.42. The van der Waals surface area contributed by atoms with Crippen molar-refractivity contribution in [2.45, 2.75) is 25.8 Å². The van der Waals surface area contributed by atoms with E-state index in [4.69, 9.17) is 16.3 Å². The van der Waals surface area contributed by atoms with Crippen molar-refractivity contribution in [2.75, 3.05) is 11.9 Å². The highest BCUT2D eigenvalue weighted by molar-refractivity contribution is 6.31. The Labute approximate surface area is 126 Å². The predicted octanol–water partition coefficient (Wildman–Crippen LogP) is 1.41. The SMILES string of the molecule is Cc1ccc(Cl)cc1NC(=O)COC(=O)[C@H]1CCC(=O)N1. The molecule has 1 aromatic carbocycles.